The lowest BCUT2D eigenvalue weighted by atomic mass is 10.00. The van der Waals surface area contributed by atoms with E-state index in [2.05, 4.69) is 0 Å². The molecule has 1 aromatic carbocycles. The monoisotopic (exact) mass is 307 g/mol. The second-order valence-electron chi connectivity index (χ2n) is 4.21. The van der Waals surface area contributed by atoms with Gasteiger partial charge in [0.15, 0.2) is 0 Å². The van der Waals surface area contributed by atoms with E-state index in [0.717, 1.165) is 18.2 Å². The Morgan fingerprint density at radius 2 is 2.00 bits per heavy atom. The molecule has 0 bridgehead atoms. The number of alkyl halides is 3. The second kappa shape index (κ2) is 5.77. The van der Waals surface area contributed by atoms with Crippen LogP contribution in [0, 0.1) is 11.3 Å². The van der Waals surface area contributed by atoms with Crippen molar-refractivity contribution < 1.29 is 27.5 Å². The van der Waals surface area contributed by atoms with E-state index in [1.807, 2.05) is 0 Å². The zero-order chi connectivity index (χ0) is 16.3. The first kappa shape index (κ1) is 15.4. The number of benzene rings is 1. The number of carbonyl (C=O) groups is 1. The van der Waals surface area contributed by atoms with Gasteiger partial charge in [-0.15, -0.1) is 0 Å². The highest BCUT2D eigenvalue weighted by atomic mass is 19.4. The summed E-state index contributed by atoms with van der Waals surface area (Å²) in [5, 5.41) is 17.5. The molecule has 0 spiro atoms. The minimum atomic E-state index is -4.65. The average molecular weight is 307 g/mol. The van der Waals surface area contributed by atoms with Gasteiger partial charge in [0.05, 0.1) is 11.1 Å². The van der Waals surface area contributed by atoms with E-state index >= 15 is 0 Å². The summed E-state index contributed by atoms with van der Waals surface area (Å²) in [7, 11) is 0. The summed E-state index contributed by atoms with van der Waals surface area (Å²) in [5.74, 6) is -0.985. The molecule has 1 N–H and O–H groups in total. The summed E-state index contributed by atoms with van der Waals surface area (Å²) in [6.07, 6.45) is -2.66. The molecule has 0 fully saturated rings. The van der Waals surface area contributed by atoms with Gasteiger partial charge in [0.2, 0.25) is 0 Å². The summed E-state index contributed by atoms with van der Waals surface area (Å²) in [5.41, 5.74) is -1.60. The van der Waals surface area contributed by atoms with Crippen LogP contribution in [-0.2, 0) is 11.0 Å². The van der Waals surface area contributed by atoms with Gasteiger partial charge in [-0.25, -0.2) is 4.79 Å². The predicted octanol–water partition coefficient (Wildman–Crippen LogP) is 3.93. The Morgan fingerprint density at radius 1 is 1.27 bits per heavy atom. The van der Waals surface area contributed by atoms with Crippen LogP contribution in [0.5, 0.6) is 0 Å². The van der Waals surface area contributed by atoms with Crippen LogP contribution in [0.2, 0.25) is 0 Å². The van der Waals surface area contributed by atoms with Crippen LogP contribution in [0.1, 0.15) is 16.9 Å². The first-order valence-corrected chi connectivity index (χ1v) is 5.94. The van der Waals surface area contributed by atoms with Gasteiger partial charge in [0, 0.05) is 11.6 Å². The first-order valence-electron chi connectivity index (χ1n) is 5.94. The average Bonchev–Trinajstić information content (AvgIpc) is 2.92. The van der Waals surface area contributed by atoms with E-state index in [1.165, 1.54) is 30.3 Å². The van der Waals surface area contributed by atoms with Gasteiger partial charge in [-0.05, 0) is 30.3 Å². The van der Waals surface area contributed by atoms with Gasteiger partial charge in [-0.1, -0.05) is 6.07 Å². The molecular formula is C15H8F3NO3. The van der Waals surface area contributed by atoms with Crippen molar-refractivity contribution in [2.45, 2.75) is 6.18 Å². The summed E-state index contributed by atoms with van der Waals surface area (Å²) < 4.78 is 43.9. The lowest BCUT2D eigenvalue weighted by Gasteiger charge is -2.10. The van der Waals surface area contributed by atoms with Crippen LogP contribution < -0.4 is 0 Å². The number of halogens is 3. The molecule has 0 aliphatic carbocycles. The molecule has 0 saturated carbocycles. The smallest absolute Gasteiger partial charge is 0.417 e. The zero-order valence-electron chi connectivity index (χ0n) is 10.9. The number of carboxylic acids is 1. The molecule has 22 heavy (non-hydrogen) atoms. The van der Waals surface area contributed by atoms with Crippen molar-refractivity contribution in [1.29, 1.82) is 5.26 Å². The van der Waals surface area contributed by atoms with Gasteiger partial charge in [-0.2, -0.15) is 18.4 Å². The number of carboxylic acid groups (broad SMARTS) is 1. The Labute approximate surface area is 122 Å². The van der Waals surface area contributed by atoms with Crippen LogP contribution >= 0.6 is 0 Å². The van der Waals surface area contributed by atoms with Crippen LogP contribution in [0.25, 0.3) is 17.4 Å². The fraction of sp³-hybridized carbons (Fsp3) is 0.0667. The van der Waals surface area contributed by atoms with Crippen molar-refractivity contribution in [3.05, 3.63) is 53.3 Å². The summed E-state index contributed by atoms with van der Waals surface area (Å²) >= 11 is 0. The number of hydrogen-bond donors (Lipinski definition) is 1. The first-order chi connectivity index (χ1) is 10.3. The Morgan fingerprint density at radius 3 is 2.59 bits per heavy atom. The minimum Gasteiger partial charge on any atom is -0.478 e. The third kappa shape index (κ3) is 3.17. The van der Waals surface area contributed by atoms with Gasteiger partial charge < -0.3 is 9.52 Å². The Hall–Kier alpha value is -3.01. The molecule has 0 aliphatic rings. The second-order valence-corrected chi connectivity index (χ2v) is 4.21. The fourth-order valence-electron chi connectivity index (χ4n) is 1.85. The van der Waals surface area contributed by atoms with Gasteiger partial charge in [-0.3, -0.25) is 0 Å². The molecule has 7 heteroatoms. The predicted molar refractivity (Wildman–Crippen MR) is 70.5 cm³/mol. The maximum atomic E-state index is 12.9. The van der Waals surface area contributed by atoms with Crippen molar-refractivity contribution in [3.8, 4) is 17.4 Å². The molecular weight excluding hydrogens is 299 g/mol. The molecule has 1 heterocycles. The third-order valence-corrected chi connectivity index (χ3v) is 2.76. The molecule has 2 aromatic rings. The molecule has 0 atom stereocenters. The molecule has 4 nitrogen and oxygen atoms in total. The highest BCUT2D eigenvalue weighted by Crippen LogP contribution is 2.36. The third-order valence-electron chi connectivity index (χ3n) is 2.76. The van der Waals surface area contributed by atoms with Crippen molar-refractivity contribution in [2.24, 2.45) is 0 Å². The van der Waals surface area contributed by atoms with Crippen LogP contribution in [0.3, 0.4) is 0 Å². The number of nitriles is 1. The van der Waals surface area contributed by atoms with E-state index in [-0.39, 0.29) is 17.1 Å². The summed E-state index contributed by atoms with van der Waals surface area (Å²) in [6, 6.07) is 7.63. The standard InChI is InChI=1S/C15H8F3NO3/c16-15(17,18)12-3-1-2-10(11(12)8-19)13-6-4-9(22-13)5-7-14(20)21/h1-7H,(H,20,21). The minimum absolute atomic E-state index is 0.00713. The van der Waals surface area contributed by atoms with E-state index in [1.54, 1.807) is 0 Å². The maximum Gasteiger partial charge on any atom is 0.417 e. The van der Waals surface area contributed by atoms with Gasteiger partial charge >= 0.3 is 12.1 Å². The van der Waals surface area contributed by atoms with E-state index in [9.17, 15) is 18.0 Å². The molecule has 2 rings (SSSR count). The molecule has 0 aliphatic heterocycles. The lowest BCUT2D eigenvalue weighted by molar-refractivity contribution is -0.137. The Bertz CT molecular complexity index is 782. The quantitative estimate of drug-likeness (QED) is 0.872. The summed E-state index contributed by atoms with van der Waals surface area (Å²) in [4.78, 5) is 10.4. The van der Waals surface area contributed by atoms with Gasteiger partial charge in [0.25, 0.3) is 0 Å². The van der Waals surface area contributed by atoms with Gasteiger partial charge in [0.1, 0.15) is 17.6 Å². The maximum absolute atomic E-state index is 12.9. The van der Waals surface area contributed by atoms with E-state index in [0.29, 0.717) is 0 Å². The van der Waals surface area contributed by atoms with Crippen LogP contribution in [0.15, 0.2) is 40.8 Å². The zero-order valence-corrected chi connectivity index (χ0v) is 10.9. The highest BCUT2D eigenvalue weighted by molar-refractivity contribution is 5.85. The van der Waals surface area contributed by atoms with Crippen LogP contribution in [0.4, 0.5) is 13.2 Å². The molecule has 112 valence electrons. The Kier molecular flexibility index (Phi) is 4.04. The lowest BCUT2D eigenvalue weighted by Crippen LogP contribution is -2.08. The SMILES string of the molecule is N#Cc1c(-c2ccc(C=CC(=O)O)o2)cccc1C(F)(F)F. The number of rotatable bonds is 3. The number of nitrogens with zero attached hydrogens (tertiary/aromatic N) is 1. The Balaban J connectivity index is 2.50. The molecule has 1 aromatic heterocycles. The van der Waals surface area contributed by atoms with Crippen molar-refractivity contribution in [3.63, 3.8) is 0 Å². The topological polar surface area (TPSA) is 74.2 Å². The number of furan rings is 1. The largest absolute Gasteiger partial charge is 0.478 e. The van der Waals surface area contributed by atoms with E-state index < -0.39 is 23.3 Å². The van der Waals surface area contributed by atoms with Crippen molar-refractivity contribution >= 4 is 12.0 Å². The molecule has 0 radical (unpaired) electrons. The van der Waals surface area contributed by atoms with Crippen molar-refractivity contribution in [1.82, 2.24) is 0 Å². The van der Waals surface area contributed by atoms with E-state index in [4.69, 9.17) is 14.8 Å². The van der Waals surface area contributed by atoms with Crippen molar-refractivity contribution in [2.75, 3.05) is 0 Å². The number of hydrogen-bond acceptors (Lipinski definition) is 3. The van der Waals surface area contributed by atoms with Crippen LogP contribution in [-0.4, -0.2) is 11.1 Å². The fourth-order valence-corrected chi connectivity index (χ4v) is 1.85. The highest BCUT2D eigenvalue weighted by Gasteiger charge is 2.34. The number of aliphatic carboxylic acids is 1. The normalized spacial score (nSPS) is 11.5. The molecule has 0 amide bonds. The molecule has 0 unspecified atom stereocenters. The molecule has 0 saturated heterocycles. The summed E-state index contributed by atoms with van der Waals surface area (Å²) in [6.45, 7) is 0.